The van der Waals surface area contributed by atoms with Crippen molar-refractivity contribution >= 4 is 22.4 Å². The van der Waals surface area contributed by atoms with Crippen LogP contribution >= 0.6 is 11.3 Å². The van der Waals surface area contributed by atoms with Crippen LogP contribution in [0.15, 0.2) is 30.3 Å². The number of ether oxygens (including phenoxy) is 2. The molecule has 0 unspecified atom stereocenters. The van der Waals surface area contributed by atoms with Crippen molar-refractivity contribution in [1.82, 2.24) is 14.8 Å². The molecule has 8 heteroatoms. The minimum Gasteiger partial charge on any atom is -0.496 e. The van der Waals surface area contributed by atoms with E-state index in [2.05, 4.69) is 15.4 Å². The molecule has 1 amide bonds. The number of rotatable bonds is 4. The topological polar surface area (TPSA) is 78.3 Å². The van der Waals surface area contributed by atoms with E-state index in [1.165, 1.54) is 11.3 Å². The summed E-state index contributed by atoms with van der Waals surface area (Å²) in [6, 6.07) is 9.34. The number of carbonyl (C=O) groups excluding carboxylic acids is 1. The molecule has 0 spiro atoms. The van der Waals surface area contributed by atoms with Gasteiger partial charge in [-0.1, -0.05) is 23.5 Å². The van der Waals surface area contributed by atoms with Crippen molar-refractivity contribution in [2.45, 2.75) is 13.0 Å². The second-order valence-electron chi connectivity index (χ2n) is 5.88. The van der Waals surface area contributed by atoms with Gasteiger partial charge in [-0.3, -0.25) is 14.8 Å². The lowest BCUT2D eigenvalue weighted by molar-refractivity contribution is 0.101. The number of amides is 1. The summed E-state index contributed by atoms with van der Waals surface area (Å²) < 4.78 is 12.4. The van der Waals surface area contributed by atoms with Crippen LogP contribution < -0.4 is 10.1 Å². The second kappa shape index (κ2) is 6.89. The lowest BCUT2D eigenvalue weighted by Gasteiger charge is -2.08. The van der Waals surface area contributed by atoms with Gasteiger partial charge >= 0.3 is 0 Å². The molecule has 0 saturated carbocycles. The van der Waals surface area contributed by atoms with E-state index in [1.54, 1.807) is 24.9 Å². The van der Waals surface area contributed by atoms with Gasteiger partial charge in [0.15, 0.2) is 5.13 Å². The Morgan fingerprint density at radius 2 is 2.23 bits per heavy atom. The van der Waals surface area contributed by atoms with Crippen LogP contribution in [-0.2, 0) is 24.8 Å². The summed E-state index contributed by atoms with van der Waals surface area (Å²) in [5.41, 5.74) is 2.99. The normalized spacial score (nSPS) is 13.3. The third-order valence-corrected chi connectivity index (χ3v) is 5.20. The van der Waals surface area contributed by atoms with Crippen molar-refractivity contribution < 1.29 is 14.3 Å². The van der Waals surface area contributed by atoms with Gasteiger partial charge < -0.3 is 9.47 Å². The number of anilines is 1. The van der Waals surface area contributed by atoms with Gasteiger partial charge in [-0.05, 0) is 18.2 Å². The molecular weight excluding hydrogens is 352 g/mol. The van der Waals surface area contributed by atoms with Crippen LogP contribution in [0.1, 0.15) is 21.1 Å². The maximum Gasteiger partial charge on any atom is 0.275 e. The van der Waals surface area contributed by atoms with Gasteiger partial charge in [-0.25, -0.2) is 4.98 Å². The zero-order chi connectivity index (χ0) is 18.1. The maximum atomic E-state index is 12.7. The number of aryl methyl sites for hydroxylation is 1. The van der Waals surface area contributed by atoms with E-state index in [-0.39, 0.29) is 5.91 Å². The number of nitrogens with one attached hydrogen (secondary N) is 1. The van der Waals surface area contributed by atoms with Gasteiger partial charge in [0.2, 0.25) is 0 Å². The van der Waals surface area contributed by atoms with Crippen molar-refractivity contribution in [2.75, 3.05) is 19.0 Å². The summed E-state index contributed by atoms with van der Waals surface area (Å²) in [4.78, 5) is 18.2. The average Bonchev–Trinajstić information content (AvgIpc) is 3.24. The molecule has 1 aromatic carbocycles. The van der Waals surface area contributed by atoms with Crippen molar-refractivity contribution in [3.05, 3.63) is 46.6 Å². The summed E-state index contributed by atoms with van der Waals surface area (Å²) in [7, 11) is 3.36. The molecule has 1 N–H and O–H groups in total. The fraction of sp³-hybridized carbons (Fsp3) is 0.278. The quantitative estimate of drug-likeness (QED) is 0.764. The van der Waals surface area contributed by atoms with Crippen molar-refractivity contribution in [2.24, 2.45) is 7.05 Å². The van der Waals surface area contributed by atoms with Gasteiger partial charge in [0.1, 0.15) is 11.4 Å². The number of fused-ring (bicyclic) bond motifs is 1. The van der Waals surface area contributed by atoms with Gasteiger partial charge in [-0.15, -0.1) is 0 Å². The Bertz CT molecular complexity index is 940. The number of thiazole rings is 1. The molecule has 0 bridgehead atoms. The molecule has 26 heavy (non-hydrogen) atoms. The van der Waals surface area contributed by atoms with Gasteiger partial charge in [0.25, 0.3) is 5.91 Å². The number of hydrogen-bond donors (Lipinski definition) is 1. The van der Waals surface area contributed by atoms with E-state index in [4.69, 9.17) is 9.47 Å². The predicted octanol–water partition coefficient (Wildman–Crippen LogP) is 2.88. The number of nitrogens with zero attached hydrogens (tertiary/aromatic N) is 3. The van der Waals surface area contributed by atoms with Crippen LogP contribution in [0, 0.1) is 0 Å². The molecule has 4 rings (SSSR count). The third-order valence-electron chi connectivity index (χ3n) is 4.21. The van der Waals surface area contributed by atoms with E-state index in [9.17, 15) is 4.79 Å². The highest BCUT2D eigenvalue weighted by Crippen LogP contribution is 2.30. The van der Waals surface area contributed by atoms with Crippen LogP contribution in [0.4, 0.5) is 5.13 Å². The SMILES string of the molecule is COc1ccccc1-c1cc(C(=O)Nc2nc3c(s2)COCC3)n(C)n1. The standard InChI is InChI=1S/C18H18N4O3S/c1-22-14(9-13(21-22)11-5-3-4-6-15(11)24-2)17(23)20-18-19-12-7-8-25-10-16(12)26-18/h3-6,9H,7-8,10H2,1-2H3,(H,19,20,23). The van der Waals surface area contributed by atoms with Crippen molar-refractivity contribution in [3.63, 3.8) is 0 Å². The fourth-order valence-electron chi connectivity index (χ4n) is 2.91. The van der Waals surface area contributed by atoms with Crippen molar-refractivity contribution in [1.29, 1.82) is 0 Å². The minimum absolute atomic E-state index is 0.242. The Morgan fingerprint density at radius 3 is 3.04 bits per heavy atom. The lowest BCUT2D eigenvalue weighted by atomic mass is 10.1. The van der Waals surface area contributed by atoms with Gasteiger partial charge in [-0.2, -0.15) is 5.10 Å². The molecule has 0 fully saturated rings. The van der Waals surface area contributed by atoms with E-state index in [1.807, 2.05) is 24.3 Å². The first-order valence-electron chi connectivity index (χ1n) is 8.21. The molecule has 134 valence electrons. The number of aromatic nitrogens is 3. The minimum atomic E-state index is -0.242. The van der Waals surface area contributed by atoms with Crippen LogP contribution in [-0.4, -0.2) is 34.4 Å². The summed E-state index contributed by atoms with van der Waals surface area (Å²) >= 11 is 1.46. The average molecular weight is 370 g/mol. The predicted molar refractivity (Wildman–Crippen MR) is 98.6 cm³/mol. The van der Waals surface area contributed by atoms with E-state index < -0.39 is 0 Å². The van der Waals surface area contributed by atoms with E-state index in [0.29, 0.717) is 35.5 Å². The smallest absolute Gasteiger partial charge is 0.275 e. The Balaban J connectivity index is 1.59. The van der Waals surface area contributed by atoms with Crippen molar-refractivity contribution in [3.8, 4) is 17.0 Å². The number of hydrogen-bond acceptors (Lipinski definition) is 6. The number of benzene rings is 1. The maximum absolute atomic E-state index is 12.7. The summed E-state index contributed by atoms with van der Waals surface area (Å²) in [6.07, 6.45) is 0.783. The van der Waals surface area contributed by atoms with E-state index >= 15 is 0 Å². The molecule has 1 aliphatic rings. The molecule has 2 aromatic heterocycles. The molecule has 1 aliphatic heterocycles. The first-order chi connectivity index (χ1) is 12.7. The Hall–Kier alpha value is -2.71. The molecule has 0 atom stereocenters. The number of carbonyl (C=O) groups is 1. The van der Waals surface area contributed by atoms with Gasteiger partial charge in [0.05, 0.1) is 36.6 Å². The Kier molecular flexibility index (Phi) is 4.44. The van der Waals surface area contributed by atoms with Crippen LogP contribution in [0.25, 0.3) is 11.3 Å². The molecule has 7 nitrogen and oxygen atoms in total. The van der Waals surface area contributed by atoms with Crippen LogP contribution in [0.5, 0.6) is 5.75 Å². The highest BCUT2D eigenvalue weighted by Gasteiger charge is 2.20. The van der Waals surface area contributed by atoms with E-state index in [0.717, 1.165) is 22.6 Å². The number of methoxy groups -OCH3 is 1. The molecule has 0 radical (unpaired) electrons. The molecular formula is C18H18N4O3S. The lowest BCUT2D eigenvalue weighted by Crippen LogP contribution is -2.16. The van der Waals surface area contributed by atoms with Gasteiger partial charge in [0, 0.05) is 19.0 Å². The fourth-order valence-corrected chi connectivity index (χ4v) is 3.85. The molecule has 0 aliphatic carbocycles. The third kappa shape index (κ3) is 3.09. The second-order valence-corrected chi connectivity index (χ2v) is 6.97. The highest BCUT2D eigenvalue weighted by atomic mass is 32.1. The van der Waals surface area contributed by atoms with Crippen LogP contribution in [0.2, 0.25) is 0 Å². The zero-order valence-corrected chi connectivity index (χ0v) is 15.3. The van der Waals surface area contributed by atoms with Crippen LogP contribution in [0.3, 0.4) is 0 Å². The first kappa shape index (κ1) is 16.7. The number of para-hydroxylation sites is 1. The Morgan fingerprint density at radius 1 is 1.38 bits per heavy atom. The summed E-state index contributed by atoms with van der Waals surface area (Å²) in [6.45, 7) is 1.24. The largest absolute Gasteiger partial charge is 0.496 e. The molecule has 3 heterocycles. The summed E-state index contributed by atoms with van der Waals surface area (Å²) in [5.74, 6) is 0.471. The first-order valence-corrected chi connectivity index (χ1v) is 9.02. The molecule has 0 saturated heterocycles. The summed E-state index contributed by atoms with van der Waals surface area (Å²) in [5, 5.41) is 7.92. The molecule has 3 aromatic rings. The Labute approximate surface area is 154 Å². The highest BCUT2D eigenvalue weighted by molar-refractivity contribution is 7.15. The monoisotopic (exact) mass is 370 g/mol. The zero-order valence-electron chi connectivity index (χ0n) is 14.5.